The Morgan fingerprint density at radius 1 is 0.885 bits per heavy atom. The highest BCUT2D eigenvalue weighted by Gasteiger charge is 2.11. The second kappa shape index (κ2) is 8.08. The number of para-hydroxylation sites is 1. The molecule has 3 aromatic rings. The summed E-state index contributed by atoms with van der Waals surface area (Å²) in [4.78, 5) is 24.7. The van der Waals surface area contributed by atoms with Crippen LogP contribution in [0.4, 0.5) is 16.2 Å². The molecule has 0 atom stereocenters. The van der Waals surface area contributed by atoms with Gasteiger partial charge in [-0.15, -0.1) is 0 Å². The number of hydrogen-bond donors (Lipinski definition) is 2. The molecular formula is C19H15Cl2N3O2. The third-order valence-corrected chi connectivity index (χ3v) is 4.40. The van der Waals surface area contributed by atoms with E-state index in [4.69, 9.17) is 23.2 Å². The van der Waals surface area contributed by atoms with Crippen molar-refractivity contribution in [2.45, 2.75) is 6.54 Å². The molecule has 7 heteroatoms. The molecule has 0 aliphatic heterocycles. The summed E-state index contributed by atoms with van der Waals surface area (Å²) < 4.78 is 1.44. The van der Waals surface area contributed by atoms with Crippen LogP contribution in [0.15, 0.2) is 71.7 Å². The highest BCUT2D eigenvalue weighted by molar-refractivity contribution is 6.35. The van der Waals surface area contributed by atoms with Gasteiger partial charge >= 0.3 is 6.03 Å². The third-order valence-electron chi connectivity index (χ3n) is 3.69. The Balaban J connectivity index is 1.79. The van der Waals surface area contributed by atoms with Crippen LogP contribution in [0.3, 0.4) is 0 Å². The molecule has 1 heterocycles. The number of nitrogens with zero attached hydrogens (tertiary/aromatic N) is 1. The summed E-state index contributed by atoms with van der Waals surface area (Å²) in [6, 6.07) is 16.8. The molecule has 0 saturated carbocycles. The first-order valence-corrected chi connectivity index (χ1v) is 8.55. The van der Waals surface area contributed by atoms with E-state index in [0.29, 0.717) is 21.3 Å². The molecule has 0 bridgehead atoms. The predicted octanol–water partition coefficient (Wildman–Crippen LogP) is 4.85. The van der Waals surface area contributed by atoms with E-state index in [1.807, 2.05) is 6.07 Å². The highest BCUT2D eigenvalue weighted by Crippen LogP contribution is 2.24. The molecule has 2 amide bonds. The third kappa shape index (κ3) is 4.25. The van der Waals surface area contributed by atoms with Crippen LogP contribution in [0.2, 0.25) is 10.0 Å². The number of nitrogens with one attached hydrogen (secondary N) is 2. The van der Waals surface area contributed by atoms with Crippen molar-refractivity contribution in [2.24, 2.45) is 0 Å². The van der Waals surface area contributed by atoms with E-state index in [0.717, 1.165) is 0 Å². The van der Waals surface area contributed by atoms with E-state index in [1.165, 1.54) is 10.6 Å². The highest BCUT2D eigenvalue weighted by atomic mass is 35.5. The molecule has 2 aromatic carbocycles. The van der Waals surface area contributed by atoms with E-state index in [-0.39, 0.29) is 17.8 Å². The zero-order valence-electron chi connectivity index (χ0n) is 13.6. The van der Waals surface area contributed by atoms with Crippen molar-refractivity contribution in [3.8, 4) is 0 Å². The van der Waals surface area contributed by atoms with Crippen LogP contribution < -0.4 is 16.2 Å². The molecule has 0 spiro atoms. The summed E-state index contributed by atoms with van der Waals surface area (Å²) >= 11 is 12.3. The molecule has 0 aliphatic rings. The average Bonchev–Trinajstić information content (AvgIpc) is 2.62. The molecule has 2 N–H and O–H groups in total. The minimum Gasteiger partial charge on any atom is -0.309 e. The summed E-state index contributed by atoms with van der Waals surface area (Å²) in [5.74, 6) is 0. The Morgan fingerprint density at radius 3 is 2.27 bits per heavy atom. The predicted molar refractivity (Wildman–Crippen MR) is 105 cm³/mol. The molecule has 1 aromatic heterocycles. The second-order valence-electron chi connectivity index (χ2n) is 5.50. The molecule has 0 saturated heterocycles. The quantitative estimate of drug-likeness (QED) is 0.671. The molecule has 0 aliphatic carbocycles. The van der Waals surface area contributed by atoms with Crippen molar-refractivity contribution in [2.75, 3.05) is 10.6 Å². The number of rotatable bonds is 4. The lowest BCUT2D eigenvalue weighted by Gasteiger charge is -2.12. The summed E-state index contributed by atoms with van der Waals surface area (Å²) in [5.41, 5.74) is 1.07. The van der Waals surface area contributed by atoms with Crippen molar-refractivity contribution >= 4 is 40.6 Å². The van der Waals surface area contributed by atoms with Gasteiger partial charge in [0.1, 0.15) is 5.69 Å². The van der Waals surface area contributed by atoms with E-state index in [2.05, 4.69) is 10.6 Å². The van der Waals surface area contributed by atoms with Crippen molar-refractivity contribution in [1.29, 1.82) is 0 Å². The second-order valence-corrected chi connectivity index (χ2v) is 6.31. The van der Waals surface area contributed by atoms with Crippen molar-refractivity contribution in [3.63, 3.8) is 0 Å². The number of pyridine rings is 1. The summed E-state index contributed by atoms with van der Waals surface area (Å²) in [6.07, 6.45) is 1.61. The van der Waals surface area contributed by atoms with Crippen LogP contribution in [-0.2, 0) is 6.54 Å². The first-order chi connectivity index (χ1) is 12.5. The molecule has 132 valence electrons. The summed E-state index contributed by atoms with van der Waals surface area (Å²) in [7, 11) is 0. The van der Waals surface area contributed by atoms with Gasteiger partial charge in [-0.25, -0.2) is 4.79 Å². The van der Waals surface area contributed by atoms with E-state index < -0.39 is 6.03 Å². The van der Waals surface area contributed by atoms with Crippen LogP contribution in [0.25, 0.3) is 0 Å². The van der Waals surface area contributed by atoms with Crippen LogP contribution in [0, 0.1) is 0 Å². The van der Waals surface area contributed by atoms with Gasteiger partial charge in [-0.3, -0.25) is 4.79 Å². The molecular weight excluding hydrogens is 373 g/mol. The lowest BCUT2D eigenvalue weighted by atomic mass is 10.2. The molecule has 0 unspecified atom stereocenters. The first kappa shape index (κ1) is 18.0. The van der Waals surface area contributed by atoms with Gasteiger partial charge in [-0.1, -0.05) is 47.5 Å². The van der Waals surface area contributed by atoms with E-state index in [9.17, 15) is 9.59 Å². The van der Waals surface area contributed by atoms with Gasteiger partial charge in [0.2, 0.25) is 0 Å². The van der Waals surface area contributed by atoms with Crippen molar-refractivity contribution in [1.82, 2.24) is 4.57 Å². The van der Waals surface area contributed by atoms with Crippen molar-refractivity contribution < 1.29 is 4.79 Å². The number of carbonyl (C=O) groups is 1. The summed E-state index contributed by atoms with van der Waals surface area (Å²) in [5, 5.41) is 6.18. The fourth-order valence-corrected chi connectivity index (χ4v) is 2.93. The molecule has 26 heavy (non-hydrogen) atoms. The molecule has 0 radical (unpaired) electrons. The maximum absolute atomic E-state index is 12.6. The Morgan fingerprint density at radius 2 is 1.58 bits per heavy atom. The number of amides is 2. The molecule has 0 fully saturated rings. The zero-order valence-corrected chi connectivity index (χ0v) is 15.1. The maximum atomic E-state index is 12.6. The largest absolute Gasteiger partial charge is 0.323 e. The zero-order chi connectivity index (χ0) is 18.5. The molecule has 5 nitrogen and oxygen atoms in total. The van der Waals surface area contributed by atoms with Crippen LogP contribution in [0.5, 0.6) is 0 Å². The SMILES string of the molecule is O=C(Nc1ccccc1)Nc1cccn(Cc2c(Cl)cccc2Cl)c1=O. The van der Waals surface area contributed by atoms with Gasteiger partial charge in [0.15, 0.2) is 0 Å². The normalized spacial score (nSPS) is 10.4. The monoisotopic (exact) mass is 387 g/mol. The van der Waals surface area contributed by atoms with Crippen LogP contribution in [0.1, 0.15) is 5.56 Å². The Bertz CT molecular complexity index is 967. The molecule has 3 rings (SSSR count). The van der Waals surface area contributed by atoms with Gasteiger partial charge in [-0.2, -0.15) is 0 Å². The lowest BCUT2D eigenvalue weighted by Crippen LogP contribution is -2.28. The van der Waals surface area contributed by atoms with Crippen LogP contribution in [-0.4, -0.2) is 10.6 Å². The van der Waals surface area contributed by atoms with E-state index >= 15 is 0 Å². The summed E-state index contributed by atoms with van der Waals surface area (Å²) in [6.45, 7) is 0.202. The minimum atomic E-state index is -0.498. The number of carbonyl (C=O) groups excluding carboxylic acids is 1. The topological polar surface area (TPSA) is 63.1 Å². The maximum Gasteiger partial charge on any atom is 0.323 e. The van der Waals surface area contributed by atoms with Gasteiger partial charge in [-0.05, 0) is 36.4 Å². The van der Waals surface area contributed by atoms with E-state index in [1.54, 1.807) is 54.7 Å². The number of urea groups is 1. The average molecular weight is 388 g/mol. The number of aromatic nitrogens is 1. The Kier molecular flexibility index (Phi) is 5.61. The Labute approximate surface area is 160 Å². The lowest BCUT2D eigenvalue weighted by molar-refractivity contribution is 0.262. The fourth-order valence-electron chi connectivity index (χ4n) is 2.42. The van der Waals surface area contributed by atoms with Gasteiger partial charge in [0.25, 0.3) is 5.56 Å². The van der Waals surface area contributed by atoms with Crippen LogP contribution >= 0.6 is 23.2 Å². The standard InChI is InChI=1S/C19H15Cl2N3O2/c20-15-8-4-9-16(21)14(15)12-24-11-5-10-17(18(24)25)23-19(26)22-13-6-2-1-3-7-13/h1-11H,12H2,(H2,22,23,26). The van der Waals surface area contributed by atoms with Gasteiger partial charge in [0.05, 0.1) is 6.54 Å². The fraction of sp³-hybridized carbons (Fsp3) is 0.0526. The number of anilines is 2. The number of hydrogen-bond acceptors (Lipinski definition) is 2. The smallest absolute Gasteiger partial charge is 0.309 e. The van der Waals surface area contributed by atoms with Gasteiger partial charge < -0.3 is 15.2 Å². The first-order valence-electron chi connectivity index (χ1n) is 7.80. The van der Waals surface area contributed by atoms with Gasteiger partial charge in [0, 0.05) is 27.5 Å². The van der Waals surface area contributed by atoms with Crippen molar-refractivity contribution in [3.05, 3.63) is 92.8 Å². The number of benzene rings is 2. The Hall–Kier alpha value is -2.76. The number of halogens is 2. The minimum absolute atomic E-state index is 0.157.